The standard InChI is InChI=1S/C22H28N4OS.HI/c1-3-23-22(24-15-20-16(2)18-7-4-5-8-19(18)27-20)25-17-10-12-26(13-11-17)21-9-6-14-28-21;/h4-9,14,17H,3,10-13,15H2,1-2H3,(H2,23,24,25);1H. The smallest absolute Gasteiger partial charge is 0.191 e. The van der Waals surface area contributed by atoms with Crippen molar-refractivity contribution in [2.24, 2.45) is 4.99 Å². The third-order valence-electron chi connectivity index (χ3n) is 5.32. The first-order chi connectivity index (χ1) is 13.7. The van der Waals surface area contributed by atoms with E-state index < -0.39 is 0 Å². The highest BCUT2D eigenvalue weighted by Gasteiger charge is 2.20. The number of nitrogens with zero attached hydrogens (tertiary/aromatic N) is 2. The fraction of sp³-hybridized carbons (Fsp3) is 0.409. The van der Waals surface area contributed by atoms with Gasteiger partial charge in [-0.25, -0.2) is 4.99 Å². The van der Waals surface area contributed by atoms with Crippen LogP contribution in [-0.2, 0) is 6.54 Å². The number of aliphatic imine (C=N–C) groups is 1. The van der Waals surface area contributed by atoms with E-state index in [1.807, 2.05) is 29.5 Å². The summed E-state index contributed by atoms with van der Waals surface area (Å²) in [6, 6.07) is 13.0. The molecule has 1 fully saturated rings. The molecule has 0 bridgehead atoms. The predicted molar refractivity (Wildman–Crippen MR) is 134 cm³/mol. The average molecular weight is 524 g/mol. The van der Waals surface area contributed by atoms with E-state index >= 15 is 0 Å². The van der Waals surface area contributed by atoms with E-state index in [0.29, 0.717) is 12.6 Å². The summed E-state index contributed by atoms with van der Waals surface area (Å²) >= 11 is 1.82. The number of thiophene rings is 1. The molecule has 1 aromatic carbocycles. The Kier molecular flexibility index (Phi) is 7.83. The molecule has 1 saturated heterocycles. The van der Waals surface area contributed by atoms with Crippen LogP contribution in [-0.4, -0.2) is 31.6 Å². The molecule has 0 radical (unpaired) electrons. The number of furan rings is 1. The molecule has 0 spiro atoms. The number of hydrogen-bond acceptors (Lipinski definition) is 4. The number of anilines is 1. The highest BCUT2D eigenvalue weighted by Crippen LogP contribution is 2.26. The lowest BCUT2D eigenvalue weighted by molar-refractivity contribution is 0.462. The van der Waals surface area contributed by atoms with Gasteiger partial charge in [0.1, 0.15) is 17.9 Å². The second kappa shape index (κ2) is 10.3. The van der Waals surface area contributed by atoms with E-state index in [-0.39, 0.29) is 24.0 Å². The quantitative estimate of drug-likeness (QED) is 0.276. The molecule has 29 heavy (non-hydrogen) atoms. The molecule has 0 unspecified atom stereocenters. The van der Waals surface area contributed by atoms with Gasteiger partial charge < -0.3 is 20.0 Å². The lowest BCUT2D eigenvalue weighted by Gasteiger charge is -2.33. The number of piperidine rings is 1. The number of halogens is 1. The molecule has 2 N–H and O–H groups in total. The van der Waals surface area contributed by atoms with Crippen molar-refractivity contribution in [1.29, 1.82) is 0 Å². The molecule has 5 nitrogen and oxygen atoms in total. The van der Waals surface area contributed by atoms with E-state index in [4.69, 9.17) is 9.41 Å². The lowest BCUT2D eigenvalue weighted by atomic mass is 10.1. The maximum Gasteiger partial charge on any atom is 0.191 e. The zero-order valence-electron chi connectivity index (χ0n) is 17.0. The first-order valence-electron chi connectivity index (χ1n) is 10.0. The van der Waals surface area contributed by atoms with Gasteiger partial charge in [-0.1, -0.05) is 18.2 Å². The zero-order valence-corrected chi connectivity index (χ0v) is 20.1. The Bertz CT molecular complexity index is 930. The van der Waals surface area contributed by atoms with Crippen LogP contribution in [0, 0.1) is 6.92 Å². The number of nitrogens with one attached hydrogen (secondary N) is 2. The molecule has 0 atom stereocenters. The minimum Gasteiger partial charge on any atom is -0.459 e. The first kappa shape index (κ1) is 22.0. The first-order valence-corrected chi connectivity index (χ1v) is 10.9. The van der Waals surface area contributed by atoms with Gasteiger partial charge in [-0.05, 0) is 50.3 Å². The Morgan fingerprint density at radius 2 is 2.00 bits per heavy atom. The van der Waals surface area contributed by atoms with E-state index in [9.17, 15) is 0 Å². The maximum atomic E-state index is 6.00. The molecule has 156 valence electrons. The van der Waals surface area contributed by atoms with Crippen molar-refractivity contribution in [2.75, 3.05) is 24.5 Å². The van der Waals surface area contributed by atoms with Crippen molar-refractivity contribution in [3.05, 3.63) is 53.1 Å². The molecule has 7 heteroatoms. The monoisotopic (exact) mass is 524 g/mol. The molecule has 4 rings (SSSR count). The fourth-order valence-electron chi connectivity index (χ4n) is 3.73. The summed E-state index contributed by atoms with van der Waals surface area (Å²) < 4.78 is 6.00. The van der Waals surface area contributed by atoms with Crippen LogP contribution in [0.25, 0.3) is 11.0 Å². The summed E-state index contributed by atoms with van der Waals surface area (Å²) in [6.45, 7) is 7.77. The van der Waals surface area contributed by atoms with Gasteiger partial charge in [-0.2, -0.15) is 0 Å². The Labute approximate surface area is 193 Å². The molecular formula is C22H29IN4OS. The summed E-state index contributed by atoms with van der Waals surface area (Å²) in [6.07, 6.45) is 2.23. The van der Waals surface area contributed by atoms with Crippen molar-refractivity contribution < 1.29 is 4.42 Å². The predicted octanol–water partition coefficient (Wildman–Crippen LogP) is 5.14. The van der Waals surface area contributed by atoms with Gasteiger partial charge in [0.2, 0.25) is 0 Å². The van der Waals surface area contributed by atoms with Crippen LogP contribution < -0.4 is 15.5 Å². The molecule has 0 aliphatic carbocycles. The van der Waals surface area contributed by atoms with Crippen LogP contribution >= 0.6 is 35.3 Å². The number of para-hydroxylation sites is 1. The molecular weight excluding hydrogens is 495 g/mol. The van der Waals surface area contributed by atoms with Crippen LogP contribution in [0.5, 0.6) is 0 Å². The van der Waals surface area contributed by atoms with Gasteiger partial charge in [0.05, 0.1) is 5.00 Å². The summed E-state index contributed by atoms with van der Waals surface area (Å²) in [5.74, 6) is 1.81. The van der Waals surface area contributed by atoms with Crippen LogP contribution in [0.1, 0.15) is 31.1 Å². The fourth-order valence-corrected chi connectivity index (χ4v) is 4.52. The topological polar surface area (TPSA) is 52.8 Å². The van der Waals surface area contributed by atoms with Crippen LogP contribution in [0.4, 0.5) is 5.00 Å². The number of rotatable bonds is 5. The van der Waals surface area contributed by atoms with Crippen molar-refractivity contribution in [3.8, 4) is 0 Å². The average Bonchev–Trinajstić information content (AvgIpc) is 3.36. The lowest BCUT2D eigenvalue weighted by Crippen LogP contribution is -2.48. The van der Waals surface area contributed by atoms with Crippen LogP contribution in [0.2, 0.25) is 0 Å². The SMILES string of the molecule is CCNC(=NCc1oc2ccccc2c1C)NC1CCN(c2cccs2)CC1.I. The molecule has 3 heterocycles. The van der Waals surface area contributed by atoms with Crippen molar-refractivity contribution in [3.63, 3.8) is 0 Å². The van der Waals surface area contributed by atoms with E-state index in [2.05, 4.69) is 53.0 Å². The maximum absolute atomic E-state index is 6.00. The number of aryl methyl sites for hydroxylation is 1. The highest BCUT2D eigenvalue weighted by molar-refractivity contribution is 14.0. The molecule has 1 aliphatic rings. The van der Waals surface area contributed by atoms with Crippen molar-refractivity contribution >= 4 is 57.2 Å². The summed E-state index contributed by atoms with van der Waals surface area (Å²) in [4.78, 5) is 7.27. The third kappa shape index (κ3) is 5.25. The minimum absolute atomic E-state index is 0. The van der Waals surface area contributed by atoms with Gasteiger partial charge in [0.25, 0.3) is 0 Å². The second-order valence-electron chi connectivity index (χ2n) is 7.20. The highest BCUT2D eigenvalue weighted by atomic mass is 127. The minimum atomic E-state index is 0. The Morgan fingerprint density at radius 1 is 1.21 bits per heavy atom. The summed E-state index contributed by atoms with van der Waals surface area (Å²) in [7, 11) is 0. The van der Waals surface area contributed by atoms with Crippen molar-refractivity contribution in [2.45, 2.75) is 39.3 Å². The molecule has 0 saturated carbocycles. The molecule has 3 aromatic rings. The van der Waals surface area contributed by atoms with Crippen molar-refractivity contribution in [1.82, 2.24) is 10.6 Å². The van der Waals surface area contributed by atoms with E-state index in [1.54, 1.807) is 0 Å². The van der Waals surface area contributed by atoms with Gasteiger partial charge in [0, 0.05) is 36.6 Å². The molecule has 2 aromatic heterocycles. The van der Waals surface area contributed by atoms with Crippen LogP contribution in [0.3, 0.4) is 0 Å². The third-order valence-corrected chi connectivity index (χ3v) is 6.25. The van der Waals surface area contributed by atoms with Gasteiger partial charge in [-0.3, -0.25) is 0 Å². The van der Waals surface area contributed by atoms with E-state index in [1.165, 1.54) is 16.0 Å². The molecule has 0 amide bonds. The Hall–Kier alpha value is -1.74. The zero-order chi connectivity index (χ0) is 19.3. The van der Waals surface area contributed by atoms with E-state index in [0.717, 1.165) is 49.8 Å². The normalized spacial score (nSPS) is 15.4. The number of guanidine groups is 1. The number of hydrogen-bond donors (Lipinski definition) is 2. The number of benzene rings is 1. The summed E-state index contributed by atoms with van der Waals surface area (Å²) in [5, 5.41) is 11.7. The number of fused-ring (bicyclic) bond motifs is 1. The summed E-state index contributed by atoms with van der Waals surface area (Å²) in [5.41, 5.74) is 2.11. The van der Waals surface area contributed by atoms with Crippen LogP contribution in [0.15, 0.2) is 51.2 Å². The second-order valence-corrected chi connectivity index (χ2v) is 8.12. The van der Waals surface area contributed by atoms with Gasteiger partial charge >= 0.3 is 0 Å². The Balaban J connectivity index is 0.00000240. The molecule has 1 aliphatic heterocycles. The Morgan fingerprint density at radius 3 is 2.69 bits per heavy atom. The van der Waals surface area contributed by atoms with Gasteiger partial charge in [-0.15, -0.1) is 35.3 Å². The largest absolute Gasteiger partial charge is 0.459 e. The van der Waals surface area contributed by atoms with Gasteiger partial charge in [0.15, 0.2) is 5.96 Å².